The number of hydrogen-bond acceptors (Lipinski definition) is 6. The summed E-state index contributed by atoms with van der Waals surface area (Å²) in [6.45, 7) is 4.29. The third kappa shape index (κ3) is 7.39. The van der Waals surface area contributed by atoms with Crippen LogP contribution in [0.3, 0.4) is 0 Å². The molecule has 142 valence electrons. The predicted molar refractivity (Wildman–Crippen MR) is 94.7 cm³/mol. The van der Waals surface area contributed by atoms with Gasteiger partial charge in [-0.15, -0.1) is 0 Å². The van der Waals surface area contributed by atoms with Crippen LogP contribution in [0, 0.1) is 0 Å². The molecule has 0 saturated carbocycles. The zero-order valence-electron chi connectivity index (χ0n) is 14.6. The van der Waals surface area contributed by atoms with Gasteiger partial charge in [0.15, 0.2) is 0 Å². The standard InChI is InChI=1S/C16H26N2O6S/c1-3-24-11-4-8-17-15-7-6-13(12-14(15)16(19)20)25(21,22)18-9-5-10-23-2/h6-7,12,17-18H,3-5,8-11H2,1-2H3,(H,19,20). The van der Waals surface area contributed by atoms with Crippen molar-refractivity contribution in [2.24, 2.45) is 0 Å². The van der Waals surface area contributed by atoms with Crippen molar-refractivity contribution < 1.29 is 27.8 Å². The van der Waals surface area contributed by atoms with E-state index < -0.39 is 16.0 Å². The van der Waals surface area contributed by atoms with Crippen molar-refractivity contribution >= 4 is 21.7 Å². The van der Waals surface area contributed by atoms with E-state index in [4.69, 9.17) is 9.47 Å². The summed E-state index contributed by atoms with van der Waals surface area (Å²) in [5.41, 5.74) is 0.290. The second kappa shape index (κ2) is 11.0. The Morgan fingerprint density at radius 2 is 1.92 bits per heavy atom. The van der Waals surface area contributed by atoms with Gasteiger partial charge < -0.3 is 19.9 Å². The van der Waals surface area contributed by atoms with Crippen LogP contribution in [0.5, 0.6) is 0 Å². The molecule has 0 saturated heterocycles. The molecule has 0 aliphatic carbocycles. The van der Waals surface area contributed by atoms with Crippen LogP contribution in [-0.4, -0.2) is 59.5 Å². The Hall–Kier alpha value is -1.68. The lowest BCUT2D eigenvalue weighted by atomic mass is 10.2. The molecule has 0 amide bonds. The molecule has 0 heterocycles. The third-order valence-electron chi connectivity index (χ3n) is 3.33. The molecule has 3 N–H and O–H groups in total. The summed E-state index contributed by atoms with van der Waals surface area (Å²) in [5.74, 6) is -1.19. The summed E-state index contributed by atoms with van der Waals surface area (Å²) in [7, 11) is -2.23. The van der Waals surface area contributed by atoms with Crippen LogP contribution in [0.4, 0.5) is 5.69 Å². The van der Waals surface area contributed by atoms with Crippen LogP contribution in [-0.2, 0) is 19.5 Å². The average Bonchev–Trinajstić information content (AvgIpc) is 2.58. The van der Waals surface area contributed by atoms with Gasteiger partial charge in [0.05, 0.1) is 10.5 Å². The molecule has 0 fully saturated rings. The summed E-state index contributed by atoms with van der Waals surface area (Å²) in [6.07, 6.45) is 1.25. The number of rotatable bonds is 13. The molecule has 25 heavy (non-hydrogen) atoms. The molecule has 0 aliphatic rings. The molecule has 8 nitrogen and oxygen atoms in total. The van der Waals surface area contributed by atoms with Crippen LogP contribution in [0.25, 0.3) is 0 Å². The number of aromatic carboxylic acids is 1. The normalized spacial score (nSPS) is 11.4. The summed E-state index contributed by atoms with van der Waals surface area (Å²) in [6, 6.07) is 4.01. The summed E-state index contributed by atoms with van der Waals surface area (Å²) in [5, 5.41) is 12.3. The van der Waals surface area contributed by atoms with Crippen LogP contribution in [0.15, 0.2) is 23.1 Å². The van der Waals surface area contributed by atoms with Gasteiger partial charge in [-0.1, -0.05) is 0 Å². The van der Waals surface area contributed by atoms with Gasteiger partial charge in [-0.05, 0) is 38.0 Å². The molecule has 0 atom stereocenters. The minimum Gasteiger partial charge on any atom is -0.478 e. The van der Waals surface area contributed by atoms with E-state index in [0.717, 1.165) is 6.07 Å². The van der Waals surface area contributed by atoms with Gasteiger partial charge in [0.25, 0.3) is 0 Å². The highest BCUT2D eigenvalue weighted by atomic mass is 32.2. The lowest BCUT2D eigenvalue weighted by Gasteiger charge is -2.12. The number of carbonyl (C=O) groups is 1. The highest BCUT2D eigenvalue weighted by Gasteiger charge is 2.18. The first-order valence-electron chi connectivity index (χ1n) is 8.10. The summed E-state index contributed by atoms with van der Waals surface area (Å²) in [4.78, 5) is 11.4. The molecule has 0 spiro atoms. The van der Waals surface area contributed by atoms with Crippen LogP contribution in [0.1, 0.15) is 30.1 Å². The molecular formula is C16H26N2O6S. The van der Waals surface area contributed by atoms with Gasteiger partial charge in [0, 0.05) is 45.7 Å². The predicted octanol–water partition coefficient (Wildman–Crippen LogP) is 1.54. The Kier molecular flexibility index (Phi) is 9.43. The van der Waals surface area contributed by atoms with Crippen molar-refractivity contribution in [2.45, 2.75) is 24.7 Å². The van der Waals surface area contributed by atoms with E-state index in [0.29, 0.717) is 44.9 Å². The van der Waals surface area contributed by atoms with Crippen molar-refractivity contribution in [1.29, 1.82) is 0 Å². The number of nitrogens with one attached hydrogen (secondary N) is 2. The number of benzene rings is 1. The average molecular weight is 374 g/mol. The van der Waals surface area contributed by atoms with Gasteiger partial charge in [-0.25, -0.2) is 17.9 Å². The SMILES string of the molecule is CCOCCCNc1ccc(S(=O)(=O)NCCCOC)cc1C(=O)O. The maximum atomic E-state index is 12.2. The van der Waals surface area contributed by atoms with Crippen LogP contribution < -0.4 is 10.0 Å². The number of carboxylic acids is 1. The largest absolute Gasteiger partial charge is 0.478 e. The van der Waals surface area contributed by atoms with E-state index in [1.54, 1.807) is 0 Å². The maximum absolute atomic E-state index is 12.2. The number of sulfonamides is 1. The molecule has 1 aromatic rings. The topological polar surface area (TPSA) is 114 Å². The van der Waals surface area contributed by atoms with Gasteiger partial charge in [0.1, 0.15) is 0 Å². The Morgan fingerprint density at radius 1 is 1.20 bits per heavy atom. The maximum Gasteiger partial charge on any atom is 0.337 e. The van der Waals surface area contributed by atoms with E-state index in [1.807, 2.05) is 6.92 Å². The molecular weight excluding hydrogens is 348 g/mol. The zero-order valence-corrected chi connectivity index (χ0v) is 15.4. The molecule has 0 bridgehead atoms. The number of anilines is 1. The lowest BCUT2D eigenvalue weighted by molar-refractivity contribution is 0.0697. The van der Waals surface area contributed by atoms with Crippen molar-refractivity contribution in [2.75, 3.05) is 45.3 Å². The number of hydrogen-bond donors (Lipinski definition) is 3. The highest BCUT2D eigenvalue weighted by molar-refractivity contribution is 7.89. The van der Waals surface area contributed by atoms with Crippen molar-refractivity contribution in [3.8, 4) is 0 Å². The van der Waals surface area contributed by atoms with Crippen molar-refractivity contribution in [3.63, 3.8) is 0 Å². The fourth-order valence-corrected chi connectivity index (χ4v) is 3.17. The monoisotopic (exact) mass is 374 g/mol. The highest BCUT2D eigenvalue weighted by Crippen LogP contribution is 2.20. The second-order valence-corrected chi connectivity index (χ2v) is 7.00. The Balaban J connectivity index is 2.80. The second-order valence-electron chi connectivity index (χ2n) is 5.23. The van der Waals surface area contributed by atoms with Crippen LogP contribution in [0.2, 0.25) is 0 Å². The fraction of sp³-hybridized carbons (Fsp3) is 0.562. The minimum atomic E-state index is -3.76. The van der Waals surface area contributed by atoms with Gasteiger partial charge in [0.2, 0.25) is 10.0 Å². The molecule has 0 aromatic heterocycles. The van der Waals surface area contributed by atoms with E-state index in [2.05, 4.69) is 10.0 Å². The van der Waals surface area contributed by atoms with E-state index in [9.17, 15) is 18.3 Å². The summed E-state index contributed by atoms with van der Waals surface area (Å²) >= 11 is 0. The smallest absolute Gasteiger partial charge is 0.337 e. The first-order chi connectivity index (χ1) is 11.9. The van der Waals surface area contributed by atoms with E-state index >= 15 is 0 Å². The number of ether oxygens (including phenoxy) is 2. The molecule has 1 rings (SSSR count). The molecule has 0 radical (unpaired) electrons. The van der Waals surface area contributed by atoms with Crippen molar-refractivity contribution in [1.82, 2.24) is 4.72 Å². The first-order valence-corrected chi connectivity index (χ1v) is 9.58. The zero-order chi connectivity index (χ0) is 18.7. The molecule has 9 heteroatoms. The molecule has 1 aromatic carbocycles. The molecule has 0 unspecified atom stereocenters. The van der Waals surface area contributed by atoms with E-state index in [-0.39, 0.29) is 17.0 Å². The lowest BCUT2D eigenvalue weighted by Crippen LogP contribution is -2.26. The van der Waals surface area contributed by atoms with Gasteiger partial charge in [-0.2, -0.15) is 0 Å². The Morgan fingerprint density at radius 3 is 2.56 bits per heavy atom. The number of carboxylic acid groups (broad SMARTS) is 1. The number of methoxy groups -OCH3 is 1. The van der Waals surface area contributed by atoms with E-state index in [1.165, 1.54) is 19.2 Å². The third-order valence-corrected chi connectivity index (χ3v) is 4.79. The summed E-state index contributed by atoms with van der Waals surface area (Å²) < 4.78 is 37.0. The molecule has 0 aliphatic heterocycles. The van der Waals surface area contributed by atoms with Crippen LogP contribution >= 0.6 is 0 Å². The Bertz CT molecular complexity index is 648. The Labute approximate surface area is 148 Å². The van der Waals surface area contributed by atoms with Gasteiger partial charge in [-0.3, -0.25) is 0 Å². The van der Waals surface area contributed by atoms with Crippen molar-refractivity contribution in [3.05, 3.63) is 23.8 Å². The fourth-order valence-electron chi connectivity index (χ4n) is 2.07. The minimum absolute atomic E-state index is 0.0813. The quantitative estimate of drug-likeness (QED) is 0.449. The first kappa shape index (κ1) is 21.4. The van der Waals surface area contributed by atoms with Gasteiger partial charge >= 0.3 is 5.97 Å².